The van der Waals surface area contributed by atoms with E-state index in [9.17, 15) is 9.59 Å². The van der Waals surface area contributed by atoms with Crippen LogP contribution in [0, 0.1) is 0 Å². The molecule has 0 aliphatic carbocycles. The molecule has 0 saturated heterocycles. The average molecular weight is 292 g/mol. The number of aromatic amines is 1. The van der Waals surface area contributed by atoms with E-state index in [2.05, 4.69) is 15.1 Å². The number of aromatic nitrogens is 5. The molecule has 0 atom stereocenters. The lowest BCUT2D eigenvalue weighted by Crippen LogP contribution is -2.19. The van der Waals surface area contributed by atoms with Crippen molar-refractivity contribution in [3.05, 3.63) is 50.3 Å². The topological polar surface area (TPSA) is 85.0 Å². The smallest absolute Gasteiger partial charge is 0.294 e. The maximum absolute atomic E-state index is 12.0. The molecule has 102 valence electrons. The second kappa shape index (κ2) is 4.61. The van der Waals surface area contributed by atoms with Gasteiger partial charge in [0.25, 0.3) is 5.56 Å². The molecule has 0 aliphatic heterocycles. The summed E-state index contributed by atoms with van der Waals surface area (Å²) in [6.45, 7) is 2.50. The molecule has 3 heterocycles. The molecule has 0 aliphatic rings. The minimum absolute atomic E-state index is 0.0710. The summed E-state index contributed by atoms with van der Waals surface area (Å²) < 4.78 is 2.86. The molecule has 0 saturated carbocycles. The largest absolute Gasteiger partial charge is 0.329 e. The molecule has 3 aromatic rings. The molecule has 20 heavy (non-hydrogen) atoms. The van der Waals surface area contributed by atoms with Crippen LogP contribution in [0.25, 0.3) is 17.2 Å². The van der Waals surface area contributed by atoms with E-state index in [1.807, 2.05) is 6.92 Å². The van der Waals surface area contributed by atoms with Crippen LogP contribution < -0.4 is 11.1 Å². The molecule has 0 amide bonds. The maximum atomic E-state index is 12.0. The highest BCUT2D eigenvalue weighted by atomic mass is 35.5. The van der Waals surface area contributed by atoms with Gasteiger partial charge in [-0.3, -0.25) is 9.59 Å². The summed E-state index contributed by atoms with van der Waals surface area (Å²) in [7, 11) is 0. The highest BCUT2D eigenvalue weighted by Gasteiger charge is 2.13. The average Bonchev–Trinajstić information content (AvgIpc) is 2.88. The highest BCUT2D eigenvalue weighted by molar-refractivity contribution is 6.30. The van der Waals surface area contributed by atoms with Crippen molar-refractivity contribution in [2.45, 2.75) is 13.5 Å². The molecule has 0 spiro atoms. The fraction of sp³-hybridized carbons (Fsp3) is 0.167. The Morgan fingerprint density at radius 1 is 1.40 bits per heavy atom. The fourth-order valence-electron chi connectivity index (χ4n) is 1.92. The fourth-order valence-corrected chi connectivity index (χ4v) is 2.11. The first-order chi connectivity index (χ1) is 9.60. The van der Waals surface area contributed by atoms with Crippen molar-refractivity contribution in [1.82, 2.24) is 24.1 Å². The van der Waals surface area contributed by atoms with Crippen LogP contribution in [0.5, 0.6) is 0 Å². The molecule has 0 bridgehead atoms. The second-order valence-corrected chi connectivity index (χ2v) is 4.56. The molecule has 7 nitrogen and oxygen atoms in total. The van der Waals surface area contributed by atoms with Crippen molar-refractivity contribution in [3.8, 4) is 11.4 Å². The second-order valence-electron chi connectivity index (χ2n) is 4.16. The number of hydrogen-bond donors (Lipinski definition) is 1. The molecular formula is C12H10ClN5O2. The van der Waals surface area contributed by atoms with Crippen LogP contribution in [0.2, 0.25) is 5.02 Å². The summed E-state index contributed by atoms with van der Waals surface area (Å²) in [5.74, 6) is 0.690. The van der Waals surface area contributed by atoms with Gasteiger partial charge in [0.2, 0.25) is 11.3 Å². The molecule has 3 aromatic heterocycles. The Morgan fingerprint density at radius 2 is 2.20 bits per heavy atom. The van der Waals surface area contributed by atoms with E-state index in [4.69, 9.17) is 11.6 Å². The quantitative estimate of drug-likeness (QED) is 0.761. The zero-order valence-corrected chi connectivity index (χ0v) is 11.3. The summed E-state index contributed by atoms with van der Waals surface area (Å²) >= 11 is 5.88. The Hall–Kier alpha value is -2.41. The van der Waals surface area contributed by atoms with Crippen molar-refractivity contribution in [1.29, 1.82) is 0 Å². The van der Waals surface area contributed by atoms with E-state index in [0.717, 1.165) is 4.52 Å². The maximum Gasteiger partial charge on any atom is 0.294 e. The van der Waals surface area contributed by atoms with Gasteiger partial charge >= 0.3 is 0 Å². The van der Waals surface area contributed by atoms with Gasteiger partial charge in [-0.05, 0) is 13.0 Å². The minimum atomic E-state index is -0.435. The monoisotopic (exact) mass is 291 g/mol. The van der Waals surface area contributed by atoms with Crippen LogP contribution in [0.3, 0.4) is 0 Å². The number of rotatable bonds is 2. The third-order valence-electron chi connectivity index (χ3n) is 2.89. The number of fused-ring (bicyclic) bond motifs is 1. The van der Waals surface area contributed by atoms with Crippen molar-refractivity contribution in [2.24, 2.45) is 0 Å². The van der Waals surface area contributed by atoms with Gasteiger partial charge in [0.05, 0.1) is 0 Å². The minimum Gasteiger partial charge on any atom is -0.329 e. The first-order valence-corrected chi connectivity index (χ1v) is 6.33. The predicted octanol–water partition coefficient (Wildman–Crippen LogP) is 0.920. The lowest BCUT2D eigenvalue weighted by Gasteiger charge is -2.03. The summed E-state index contributed by atoms with van der Waals surface area (Å²) in [4.78, 5) is 30.1. The van der Waals surface area contributed by atoms with Crippen molar-refractivity contribution in [2.75, 3.05) is 0 Å². The van der Waals surface area contributed by atoms with Crippen molar-refractivity contribution in [3.63, 3.8) is 0 Å². The van der Waals surface area contributed by atoms with Gasteiger partial charge in [0.1, 0.15) is 5.02 Å². The van der Waals surface area contributed by atoms with Gasteiger partial charge in [-0.1, -0.05) is 11.6 Å². The van der Waals surface area contributed by atoms with Crippen molar-refractivity contribution >= 4 is 17.4 Å². The Bertz CT molecular complexity index is 908. The first-order valence-electron chi connectivity index (χ1n) is 5.95. The zero-order chi connectivity index (χ0) is 14.3. The summed E-state index contributed by atoms with van der Waals surface area (Å²) in [5.41, 5.74) is -0.157. The summed E-state index contributed by atoms with van der Waals surface area (Å²) in [6.07, 6.45) is 3.03. The standard InChI is InChI=1S/C12H10ClN5O2/c1-2-17-6-8(13)11(20)18-12(17)15-10(16-18)7-3-4-14-9(19)5-7/h3-6H,2H2,1H3,(H,14,19). The van der Waals surface area contributed by atoms with Crippen LogP contribution in [0.4, 0.5) is 0 Å². The molecule has 0 unspecified atom stereocenters. The van der Waals surface area contributed by atoms with E-state index in [1.54, 1.807) is 10.6 Å². The molecule has 3 rings (SSSR count). The van der Waals surface area contributed by atoms with Crippen LogP contribution in [0.1, 0.15) is 6.92 Å². The summed E-state index contributed by atoms with van der Waals surface area (Å²) in [5, 5.41) is 4.20. The van der Waals surface area contributed by atoms with E-state index in [1.165, 1.54) is 18.5 Å². The van der Waals surface area contributed by atoms with Crippen molar-refractivity contribution < 1.29 is 0 Å². The number of nitrogens with one attached hydrogen (secondary N) is 1. The van der Waals surface area contributed by atoms with Crippen LogP contribution in [-0.2, 0) is 6.54 Å². The third-order valence-corrected chi connectivity index (χ3v) is 3.15. The highest BCUT2D eigenvalue weighted by Crippen LogP contribution is 2.14. The van der Waals surface area contributed by atoms with Gasteiger partial charge in [-0.15, -0.1) is 5.10 Å². The lowest BCUT2D eigenvalue weighted by molar-refractivity contribution is 0.732. The number of nitrogens with zero attached hydrogens (tertiary/aromatic N) is 4. The number of pyridine rings is 1. The molecule has 0 radical (unpaired) electrons. The Balaban J connectivity index is 2.33. The van der Waals surface area contributed by atoms with Gasteiger partial charge in [0, 0.05) is 30.6 Å². The normalized spacial score (nSPS) is 11.1. The van der Waals surface area contributed by atoms with E-state index < -0.39 is 5.56 Å². The molecule has 0 fully saturated rings. The molecule has 0 aromatic carbocycles. The molecule has 1 N–H and O–H groups in total. The van der Waals surface area contributed by atoms with Crippen LogP contribution >= 0.6 is 11.6 Å². The number of H-pyrrole nitrogens is 1. The van der Waals surface area contributed by atoms with Crippen LogP contribution in [-0.4, -0.2) is 24.1 Å². The van der Waals surface area contributed by atoms with Crippen LogP contribution in [0.15, 0.2) is 34.1 Å². The predicted molar refractivity (Wildman–Crippen MR) is 74.0 cm³/mol. The van der Waals surface area contributed by atoms with Gasteiger partial charge in [-0.2, -0.15) is 9.50 Å². The van der Waals surface area contributed by atoms with Gasteiger partial charge < -0.3 is 9.55 Å². The lowest BCUT2D eigenvalue weighted by atomic mass is 10.2. The number of halogens is 1. The SMILES string of the molecule is CCn1cc(Cl)c(=O)n2nc(-c3cc[nH]c(=O)c3)nc12. The summed E-state index contributed by atoms with van der Waals surface area (Å²) in [6, 6.07) is 3.04. The van der Waals surface area contributed by atoms with Gasteiger partial charge in [-0.25, -0.2) is 0 Å². The number of aryl methyl sites for hydroxylation is 1. The third kappa shape index (κ3) is 1.92. The van der Waals surface area contributed by atoms with Gasteiger partial charge in [0.15, 0.2) is 5.82 Å². The Labute approximate surface area is 117 Å². The van der Waals surface area contributed by atoms with E-state index in [-0.39, 0.29) is 10.6 Å². The number of hydrogen-bond acceptors (Lipinski definition) is 4. The zero-order valence-electron chi connectivity index (χ0n) is 10.5. The Kier molecular flexibility index (Phi) is 2.90. The Morgan fingerprint density at radius 3 is 2.90 bits per heavy atom. The van der Waals surface area contributed by atoms with E-state index in [0.29, 0.717) is 23.7 Å². The molecule has 8 heteroatoms. The van der Waals surface area contributed by atoms with E-state index >= 15 is 0 Å². The first kappa shape index (κ1) is 12.6. The molecular weight excluding hydrogens is 282 g/mol.